The third kappa shape index (κ3) is 4.44. The number of aliphatic hydroxyl groups is 1. The van der Waals surface area contributed by atoms with Crippen molar-refractivity contribution in [3.63, 3.8) is 0 Å². The molecule has 1 rings (SSSR count). The largest absolute Gasteiger partial charge is 0.478 e. The van der Waals surface area contributed by atoms with Gasteiger partial charge in [0, 0.05) is 18.8 Å². The monoisotopic (exact) mass is 264 g/mol. The summed E-state index contributed by atoms with van der Waals surface area (Å²) in [4.78, 5) is 23.9. The Kier molecular flexibility index (Phi) is 5.56. The molecule has 1 aromatic rings. The van der Waals surface area contributed by atoms with Gasteiger partial charge in [-0.05, 0) is 24.3 Å². The van der Waals surface area contributed by atoms with Gasteiger partial charge in [-0.15, -0.1) is 6.58 Å². The van der Waals surface area contributed by atoms with Crippen LogP contribution in [0.15, 0.2) is 36.9 Å². The number of nitrogens with zero attached hydrogens (tertiary/aromatic N) is 1. The number of benzene rings is 1. The molecule has 0 aliphatic carbocycles. The minimum atomic E-state index is -1.02. The molecule has 2 amide bonds. The van der Waals surface area contributed by atoms with Crippen LogP contribution in [0.25, 0.3) is 0 Å². The van der Waals surface area contributed by atoms with Gasteiger partial charge in [0.25, 0.3) is 0 Å². The third-order valence-corrected chi connectivity index (χ3v) is 2.39. The maximum atomic E-state index is 11.9. The summed E-state index contributed by atoms with van der Waals surface area (Å²) in [5.74, 6) is -1.02. The van der Waals surface area contributed by atoms with Crippen molar-refractivity contribution in [1.82, 2.24) is 4.90 Å². The summed E-state index contributed by atoms with van der Waals surface area (Å²) >= 11 is 0. The minimum Gasteiger partial charge on any atom is -0.478 e. The molecule has 1 aromatic carbocycles. The Hall–Kier alpha value is -2.34. The maximum Gasteiger partial charge on any atom is 0.335 e. The van der Waals surface area contributed by atoms with E-state index in [0.29, 0.717) is 12.2 Å². The van der Waals surface area contributed by atoms with Crippen LogP contribution < -0.4 is 5.32 Å². The molecule has 3 N–H and O–H groups in total. The van der Waals surface area contributed by atoms with E-state index in [9.17, 15) is 9.59 Å². The predicted octanol–water partition coefficient (Wildman–Crippen LogP) is 1.40. The van der Waals surface area contributed by atoms with E-state index in [4.69, 9.17) is 10.2 Å². The van der Waals surface area contributed by atoms with Crippen LogP contribution in [0.1, 0.15) is 10.4 Å². The van der Waals surface area contributed by atoms with Crippen molar-refractivity contribution in [2.24, 2.45) is 0 Å². The lowest BCUT2D eigenvalue weighted by Gasteiger charge is -2.20. The van der Waals surface area contributed by atoms with Gasteiger partial charge in [-0.25, -0.2) is 9.59 Å². The van der Waals surface area contributed by atoms with Gasteiger partial charge in [0.2, 0.25) is 0 Å². The number of urea groups is 1. The van der Waals surface area contributed by atoms with Gasteiger partial charge >= 0.3 is 12.0 Å². The number of nitrogens with one attached hydrogen (secondary N) is 1. The third-order valence-electron chi connectivity index (χ3n) is 2.39. The van der Waals surface area contributed by atoms with Crippen LogP contribution in [0.3, 0.4) is 0 Å². The summed E-state index contributed by atoms with van der Waals surface area (Å²) in [6, 6.07) is 5.44. The highest BCUT2D eigenvalue weighted by molar-refractivity contribution is 5.91. The van der Waals surface area contributed by atoms with E-state index in [2.05, 4.69) is 11.9 Å². The Labute approximate surface area is 111 Å². The lowest BCUT2D eigenvalue weighted by atomic mass is 10.2. The quantitative estimate of drug-likeness (QED) is 0.677. The fraction of sp³-hybridized carbons (Fsp3) is 0.231. The molecule has 0 aliphatic heterocycles. The fourth-order valence-electron chi connectivity index (χ4n) is 1.45. The van der Waals surface area contributed by atoms with Gasteiger partial charge < -0.3 is 20.4 Å². The lowest BCUT2D eigenvalue weighted by Crippen LogP contribution is -2.37. The zero-order valence-corrected chi connectivity index (χ0v) is 10.4. The second-order valence-electron chi connectivity index (χ2n) is 3.77. The summed E-state index contributed by atoms with van der Waals surface area (Å²) in [6.07, 6.45) is 1.56. The summed E-state index contributed by atoms with van der Waals surface area (Å²) in [5.41, 5.74) is 0.637. The second-order valence-corrected chi connectivity index (χ2v) is 3.77. The first-order chi connectivity index (χ1) is 9.08. The van der Waals surface area contributed by atoms with Crippen LogP contribution in [-0.2, 0) is 0 Å². The standard InChI is InChI=1S/C13H16N2O4/c1-2-7-15(8-9-16)13(19)14-11-5-3-10(4-6-11)12(17)18/h2-6,16H,1,7-9H2,(H,14,19)(H,17,18). The number of anilines is 1. The van der Waals surface area contributed by atoms with Crippen LogP contribution >= 0.6 is 0 Å². The lowest BCUT2D eigenvalue weighted by molar-refractivity contribution is 0.0697. The smallest absolute Gasteiger partial charge is 0.335 e. The van der Waals surface area contributed by atoms with Crippen molar-refractivity contribution in [3.05, 3.63) is 42.5 Å². The molecular weight excluding hydrogens is 248 g/mol. The van der Waals surface area contributed by atoms with Gasteiger partial charge in [0.15, 0.2) is 0 Å². The SMILES string of the molecule is C=CCN(CCO)C(=O)Nc1ccc(C(=O)O)cc1. The Morgan fingerprint density at radius 2 is 1.95 bits per heavy atom. The van der Waals surface area contributed by atoms with Crippen LogP contribution in [0.5, 0.6) is 0 Å². The van der Waals surface area contributed by atoms with Crippen LogP contribution in [0.2, 0.25) is 0 Å². The number of aromatic carboxylic acids is 1. The van der Waals surface area contributed by atoms with E-state index < -0.39 is 5.97 Å². The van der Waals surface area contributed by atoms with E-state index in [1.807, 2.05) is 0 Å². The van der Waals surface area contributed by atoms with Crippen molar-refractivity contribution in [2.75, 3.05) is 25.0 Å². The van der Waals surface area contributed by atoms with Crippen LogP contribution in [0.4, 0.5) is 10.5 Å². The average Bonchev–Trinajstić information content (AvgIpc) is 2.39. The highest BCUT2D eigenvalue weighted by Crippen LogP contribution is 2.10. The topological polar surface area (TPSA) is 89.9 Å². The highest BCUT2D eigenvalue weighted by atomic mass is 16.4. The maximum absolute atomic E-state index is 11.9. The molecule has 0 aliphatic rings. The zero-order chi connectivity index (χ0) is 14.3. The summed E-state index contributed by atoms with van der Waals surface area (Å²) in [7, 11) is 0. The Morgan fingerprint density at radius 1 is 1.32 bits per heavy atom. The Balaban J connectivity index is 2.69. The molecule has 0 heterocycles. The van der Waals surface area contributed by atoms with E-state index >= 15 is 0 Å². The molecule has 0 fully saturated rings. The van der Waals surface area contributed by atoms with E-state index in [0.717, 1.165) is 0 Å². The summed E-state index contributed by atoms with van der Waals surface area (Å²) < 4.78 is 0. The van der Waals surface area contributed by atoms with E-state index in [1.165, 1.54) is 29.2 Å². The van der Waals surface area contributed by atoms with E-state index in [-0.39, 0.29) is 24.7 Å². The van der Waals surface area contributed by atoms with Crippen LogP contribution in [0, 0.1) is 0 Å². The molecule has 6 heteroatoms. The second kappa shape index (κ2) is 7.17. The number of carbonyl (C=O) groups is 2. The molecular formula is C13H16N2O4. The summed E-state index contributed by atoms with van der Waals surface area (Å²) in [5, 5.41) is 20.2. The average molecular weight is 264 g/mol. The first-order valence-corrected chi connectivity index (χ1v) is 5.69. The molecule has 102 valence electrons. The number of amides is 2. The molecule has 19 heavy (non-hydrogen) atoms. The molecule has 0 spiro atoms. The molecule has 0 aromatic heterocycles. The van der Waals surface area contributed by atoms with Gasteiger partial charge in [0.1, 0.15) is 0 Å². The van der Waals surface area contributed by atoms with Gasteiger partial charge in [-0.3, -0.25) is 0 Å². The molecule has 0 bridgehead atoms. The molecule has 0 radical (unpaired) electrons. The van der Waals surface area contributed by atoms with E-state index in [1.54, 1.807) is 6.08 Å². The minimum absolute atomic E-state index is 0.140. The zero-order valence-electron chi connectivity index (χ0n) is 10.4. The number of aliphatic hydroxyl groups excluding tert-OH is 1. The Morgan fingerprint density at radius 3 is 2.42 bits per heavy atom. The van der Waals surface area contributed by atoms with Crippen molar-refractivity contribution >= 4 is 17.7 Å². The number of hydrogen-bond donors (Lipinski definition) is 3. The van der Waals surface area contributed by atoms with Crippen molar-refractivity contribution in [1.29, 1.82) is 0 Å². The van der Waals surface area contributed by atoms with Gasteiger partial charge in [-0.1, -0.05) is 6.08 Å². The van der Waals surface area contributed by atoms with Crippen molar-refractivity contribution in [2.45, 2.75) is 0 Å². The number of rotatable bonds is 6. The molecule has 0 saturated heterocycles. The normalized spacial score (nSPS) is 9.74. The number of carboxylic acid groups (broad SMARTS) is 1. The summed E-state index contributed by atoms with van der Waals surface area (Å²) in [6.45, 7) is 3.91. The van der Waals surface area contributed by atoms with Crippen LogP contribution in [-0.4, -0.2) is 46.8 Å². The number of carbonyl (C=O) groups excluding carboxylic acids is 1. The van der Waals surface area contributed by atoms with Gasteiger partial charge in [0.05, 0.1) is 12.2 Å². The van der Waals surface area contributed by atoms with Gasteiger partial charge in [-0.2, -0.15) is 0 Å². The highest BCUT2D eigenvalue weighted by Gasteiger charge is 2.11. The first kappa shape index (κ1) is 14.7. The Bertz CT molecular complexity index is 456. The fourth-order valence-corrected chi connectivity index (χ4v) is 1.45. The number of hydrogen-bond acceptors (Lipinski definition) is 3. The molecule has 0 atom stereocenters. The number of carboxylic acids is 1. The molecule has 6 nitrogen and oxygen atoms in total. The van der Waals surface area contributed by atoms with Crippen molar-refractivity contribution < 1.29 is 19.8 Å². The van der Waals surface area contributed by atoms with Crippen molar-refractivity contribution in [3.8, 4) is 0 Å². The first-order valence-electron chi connectivity index (χ1n) is 5.69. The predicted molar refractivity (Wildman–Crippen MR) is 71.3 cm³/mol. The molecule has 0 unspecified atom stereocenters. The molecule has 0 saturated carbocycles.